The predicted molar refractivity (Wildman–Crippen MR) is 110 cm³/mol. The third kappa shape index (κ3) is 4.23. The number of nitrogens with zero attached hydrogens (tertiary/aromatic N) is 2. The number of carbonyl (C=O) groups excluding carboxylic acids is 1. The molecule has 0 unspecified atom stereocenters. The van der Waals surface area contributed by atoms with E-state index in [0.29, 0.717) is 0 Å². The number of rotatable bonds is 5. The van der Waals surface area contributed by atoms with Gasteiger partial charge in [-0.15, -0.1) is 0 Å². The quantitative estimate of drug-likeness (QED) is 0.491. The Balaban J connectivity index is 1.58. The molecule has 0 aliphatic carbocycles. The Bertz CT molecular complexity index is 1230. The van der Waals surface area contributed by atoms with Gasteiger partial charge in [0.1, 0.15) is 5.75 Å². The Morgan fingerprint density at radius 2 is 1.74 bits per heavy atom. The predicted octanol–water partition coefficient (Wildman–Crippen LogP) is 4.98. The minimum absolute atomic E-state index is 0.0780. The van der Waals surface area contributed by atoms with Crippen LogP contribution in [-0.4, -0.2) is 22.8 Å². The molecule has 4 aromatic rings. The van der Waals surface area contributed by atoms with E-state index in [1.54, 1.807) is 31.4 Å². The van der Waals surface area contributed by atoms with E-state index in [2.05, 4.69) is 10.4 Å². The van der Waals surface area contributed by atoms with Crippen LogP contribution in [0.25, 0.3) is 16.5 Å². The van der Waals surface area contributed by atoms with Crippen molar-refractivity contribution < 1.29 is 22.7 Å². The number of para-hydroxylation sites is 1. The average Bonchev–Trinajstić information content (AvgIpc) is 3.23. The molecule has 0 saturated heterocycles. The topological polar surface area (TPSA) is 56.1 Å². The molecule has 31 heavy (non-hydrogen) atoms. The van der Waals surface area contributed by atoms with Crippen molar-refractivity contribution in [2.75, 3.05) is 7.11 Å². The van der Waals surface area contributed by atoms with Gasteiger partial charge in [0.25, 0.3) is 5.91 Å². The van der Waals surface area contributed by atoms with Crippen molar-refractivity contribution in [3.8, 4) is 11.4 Å². The molecule has 3 aromatic carbocycles. The summed E-state index contributed by atoms with van der Waals surface area (Å²) in [6.07, 6.45) is -3.81. The van der Waals surface area contributed by atoms with Crippen molar-refractivity contribution in [2.45, 2.75) is 12.7 Å². The first-order chi connectivity index (χ1) is 14.9. The fraction of sp³-hybridized carbons (Fsp3) is 0.130. The smallest absolute Gasteiger partial charge is 0.434 e. The molecule has 1 N–H and O–H groups in total. The third-order valence-corrected chi connectivity index (χ3v) is 4.85. The standard InChI is InChI=1S/C23H18F3N3O2/c1-31-19-10-9-16-11-15(7-8-17(16)12-19)13-27-22(30)20-14-28-29(21(20)23(24,25)26)18-5-3-2-4-6-18/h2-12,14H,13H2,1H3,(H,27,30). The Morgan fingerprint density at radius 3 is 2.45 bits per heavy atom. The monoisotopic (exact) mass is 425 g/mol. The summed E-state index contributed by atoms with van der Waals surface area (Å²) in [6.45, 7) is 0.0780. The molecule has 0 aliphatic rings. The largest absolute Gasteiger partial charge is 0.497 e. The van der Waals surface area contributed by atoms with Gasteiger partial charge in [-0.1, -0.05) is 36.4 Å². The van der Waals surface area contributed by atoms with E-state index in [4.69, 9.17) is 4.74 Å². The van der Waals surface area contributed by atoms with Gasteiger partial charge in [-0.2, -0.15) is 18.3 Å². The summed E-state index contributed by atoms with van der Waals surface area (Å²) in [4.78, 5) is 12.6. The maximum atomic E-state index is 13.7. The van der Waals surface area contributed by atoms with Crippen molar-refractivity contribution in [3.05, 3.63) is 89.7 Å². The first-order valence-electron chi connectivity index (χ1n) is 9.42. The van der Waals surface area contributed by atoms with Gasteiger partial charge in [-0.05, 0) is 46.7 Å². The van der Waals surface area contributed by atoms with Crippen molar-refractivity contribution in [3.63, 3.8) is 0 Å². The number of aromatic nitrogens is 2. The molecule has 8 heteroatoms. The van der Waals surface area contributed by atoms with Gasteiger partial charge in [0.2, 0.25) is 0 Å². The molecule has 0 spiro atoms. The summed E-state index contributed by atoms with van der Waals surface area (Å²) in [5, 5.41) is 8.26. The zero-order valence-corrected chi connectivity index (χ0v) is 16.5. The highest BCUT2D eigenvalue weighted by atomic mass is 19.4. The summed E-state index contributed by atoms with van der Waals surface area (Å²) in [7, 11) is 1.58. The number of halogens is 3. The van der Waals surface area contributed by atoms with Crippen LogP contribution < -0.4 is 10.1 Å². The molecule has 0 atom stereocenters. The second kappa shape index (κ2) is 8.14. The van der Waals surface area contributed by atoms with E-state index in [1.807, 2.05) is 30.3 Å². The lowest BCUT2D eigenvalue weighted by Gasteiger charge is -2.13. The van der Waals surface area contributed by atoms with Gasteiger partial charge < -0.3 is 10.1 Å². The molecule has 0 saturated carbocycles. The number of hydrogen-bond acceptors (Lipinski definition) is 3. The fourth-order valence-electron chi connectivity index (χ4n) is 3.34. The zero-order valence-electron chi connectivity index (χ0n) is 16.5. The van der Waals surface area contributed by atoms with E-state index in [-0.39, 0.29) is 12.2 Å². The summed E-state index contributed by atoms with van der Waals surface area (Å²) < 4.78 is 47.1. The van der Waals surface area contributed by atoms with Crippen LogP contribution >= 0.6 is 0 Å². The first kappa shape index (κ1) is 20.5. The van der Waals surface area contributed by atoms with Gasteiger partial charge in [0.15, 0.2) is 5.69 Å². The normalized spacial score (nSPS) is 11.5. The van der Waals surface area contributed by atoms with Crippen molar-refractivity contribution in [1.29, 1.82) is 0 Å². The number of methoxy groups -OCH3 is 1. The maximum Gasteiger partial charge on any atom is 0.434 e. The van der Waals surface area contributed by atoms with Crippen LogP contribution in [0.1, 0.15) is 21.6 Å². The lowest BCUT2D eigenvalue weighted by molar-refractivity contribution is -0.143. The van der Waals surface area contributed by atoms with Crippen molar-refractivity contribution in [1.82, 2.24) is 15.1 Å². The van der Waals surface area contributed by atoms with E-state index < -0.39 is 23.3 Å². The fourth-order valence-corrected chi connectivity index (χ4v) is 3.34. The number of alkyl halides is 3. The summed E-state index contributed by atoms with van der Waals surface area (Å²) >= 11 is 0. The molecule has 0 radical (unpaired) electrons. The minimum Gasteiger partial charge on any atom is -0.497 e. The first-order valence-corrected chi connectivity index (χ1v) is 9.42. The SMILES string of the molecule is COc1ccc2cc(CNC(=O)c3cnn(-c4ccccc4)c3C(F)(F)F)ccc2c1. The van der Waals surface area contributed by atoms with Gasteiger partial charge in [0, 0.05) is 6.54 Å². The number of hydrogen-bond donors (Lipinski definition) is 1. The second-order valence-electron chi connectivity index (χ2n) is 6.88. The number of ether oxygens (including phenoxy) is 1. The summed E-state index contributed by atoms with van der Waals surface area (Å²) in [6, 6.07) is 19.0. The van der Waals surface area contributed by atoms with Gasteiger partial charge in [0.05, 0.1) is 24.6 Å². The molecule has 5 nitrogen and oxygen atoms in total. The zero-order chi connectivity index (χ0) is 22.0. The molecule has 0 aliphatic heterocycles. The Hall–Kier alpha value is -3.81. The van der Waals surface area contributed by atoms with E-state index >= 15 is 0 Å². The Kier molecular flexibility index (Phi) is 5.37. The summed E-state index contributed by atoms with van der Waals surface area (Å²) in [5.41, 5.74) is -0.655. The van der Waals surface area contributed by atoms with Crippen LogP contribution in [0.4, 0.5) is 13.2 Å². The van der Waals surface area contributed by atoms with Gasteiger partial charge in [-0.3, -0.25) is 4.79 Å². The van der Waals surface area contributed by atoms with Crippen LogP contribution in [-0.2, 0) is 12.7 Å². The van der Waals surface area contributed by atoms with Crippen LogP contribution in [0.5, 0.6) is 5.75 Å². The molecular formula is C23H18F3N3O2. The highest BCUT2D eigenvalue weighted by Crippen LogP contribution is 2.33. The van der Waals surface area contributed by atoms with Gasteiger partial charge >= 0.3 is 6.18 Å². The number of carbonyl (C=O) groups is 1. The molecular weight excluding hydrogens is 407 g/mol. The molecule has 4 rings (SSSR count). The molecule has 0 bridgehead atoms. The van der Waals surface area contributed by atoms with Crippen molar-refractivity contribution in [2.24, 2.45) is 0 Å². The molecule has 0 fully saturated rings. The van der Waals surface area contributed by atoms with E-state index in [0.717, 1.165) is 33.0 Å². The number of fused-ring (bicyclic) bond motifs is 1. The molecule has 1 aromatic heterocycles. The lowest BCUT2D eigenvalue weighted by Crippen LogP contribution is -2.26. The molecule has 1 amide bonds. The highest BCUT2D eigenvalue weighted by Gasteiger charge is 2.40. The van der Waals surface area contributed by atoms with Crippen LogP contribution in [0, 0.1) is 0 Å². The number of amides is 1. The van der Waals surface area contributed by atoms with Crippen LogP contribution in [0.3, 0.4) is 0 Å². The maximum absolute atomic E-state index is 13.7. The van der Waals surface area contributed by atoms with Crippen LogP contribution in [0.15, 0.2) is 72.9 Å². The number of benzene rings is 3. The Morgan fingerprint density at radius 1 is 1.03 bits per heavy atom. The highest BCUT2D eigenvalue weighted by molar-refractivity contribution is 5.95. The third-order valence-electron chi connectivity index (χ3n) is 4.85. The average molecular weight is 425 g/mol. The van der Waals surface area contributed by atoms with Crippen molar-refractivity contribution >= 4 is 16.7 Å². The lowest BCUT2D eigenvalue weighted by atomic mass is 10.1. The molecule has 158 valence electrons. The second-order valence-corrected chi connectivity index (χ2v) is 6.88. The Labute approximate surface area is 176 Å². The van der Waals surface area contributed by atoms with Gasteiger partial charge in [-0.25, -0.2) is 4.68 Å². The van der Waals surface area contributed by atoms with E-state index in [1.165, 1.54) is 12.1 Å². The number of nitrogens with one attached hydrogen (secondary N) is 1. The molecule has 1 heterocycles. The summed E-state index contributed by atoms with van der Waals surface area (Å²) in [5.74, 6) is -0.118. The minimum atomic E-state index is -4.75. The van der Waals surface area contributed by atoms with E-state index in [9.17, 15) is 18.0 Å². The van der Waals surface area contributed by atoms with Crippen LogP contribution in [0.2, 0.25) is 0 Å².